The lowest BCUT2D eigenvalue weighted by Crippen LogP contribution is -2.38. The van der Waals surface area contributed by atoms with Crippen LogP contribution in [0, 0.1) is 11.3 Å². The Morgan fingerprint density at radius 3 is 2.71 bits per heavy atom. The van der Waals surface area contributed by atoms with E-state index in [1.807, 2.05) is 37.3 Å². The molecule has 0 aliphatic rings. The van der Waals surface area contributed by atoms with Crippen molar-refractivity contribution in [1.29, 1.82) is 5.26 Å². The summed E-state index contributed by atoms with van der Waals surface area (Å²) in [6.45, 7) is 2.56. The van der Waals surface area contributed by atoms with Crippen LogP contribution in [0.4, 0.5) is 0 Å². The third-order valence-electron chi connectivity index (χ3n) is 3.52. The molecule has 2 N–H and O–H groups in total. The van der Waals surface area contributed by atoms with E-state index >= 15 is 0 Å². The second-order valence-electron chi connectivity index (χ2n) is 5.27. The monoisotopic (exact) mass is 360 g/mol. The molecule has 0 aromatic heterocycles. The Balaban J connectivity index is 2.00. The molecule has 0 aliphatic heterocycles. The van der Waals surface area contributed by atoms with Crippen molar-refractivity contribution < 1.29 is 0 Å². The first kappa shape index (κ1) is 18.1. The van der Waals surface area contributed by atoms with E-state index in [1.165, 1.54) is 0 Å². The van der Waals surface area contributed by atoms with E-state index in [4.69, 9.17) is 28.5 Å². The predicted octanol–water partition coefficient (Wildman–Crippen LogP) is 4.29. The third kappa shape index (κ3) is 4.89. The van der Waals surface area contributed by atoms with Crippen molar-refractivity contribution in [2.24, 2.45) is 4.99 Å². The lowest BCUT2D eigenvalue weighted by atomic mass is 10.1. The Labute approximate surface area is 152 Å². The predicted molar refractivity (Wildman–Crippen MR) is 99.4 cm³/mol. The first-order valence-corrected chi connectivity index (χ1v) is 8.20. The highest BCUT2D eigenvalue weighted by molar-refractivity contribution is 6.35. The maximum absolute atomic E-state index is 8.95. The van der Waals surface area contributed by atoms with Crippen molar-refractivity contribution in [3.63, 3.8) is 0 Å². The summed E-state index contributed by atoms with van der Waals surface area (Å²) < 4.78 is 0. The van der Waals surface area contributed by atoms with Crippen LogP contribution < -0.4 is 10.6 Å². The van der Waals surface area contributed by atoms with Gasteiger partial charge >= 0.3 is 0 Å². The average molecular weight is 361 g/mol. The van der Waals surface area contributed by atoms with E-state index in [0.717, 1.165) is 11.1 Å². The van der Waals surface area contributed by atoms with Crippen molar-refractivity contribution in [2.45, 2.75) is 19.5 Å². The van der Waals surface area contributed by atoms with Gasteiger partial charge in [0.25, 0.3) is 0 Å². The fourth-order valence-electron chi connectivity index (χ4n) is 2.27. The lowest BCUT2D eigenvalue weighted by molar-refractivity contribution is 0.685. The summed E-state index contributed by atoms with van der Waals surface area (Å²) in [6, 6.07) is 15.0. The summed E-state index contributed by atoms with van der Waals surface area (Å²) in [4.78, 5) is 4.22. The molecule has 0 bridgehead atoms. The molecule has 0 radical (unpaired) electrons. The smallest absolute Gasteiger partial charge is 0.191 e. The number of nitrogens with one attached hydrogen (secondary N) is 2. The highest BCUT2D eigenvalue weighted by Gasteiger charge is 2.11. The third-order valence-corrected chi connectivity index (χ3v) is 4.08. The minimum Gasteiger partial charge on any atom is -0.352 e. The van der Waals surface area contributed by atoms with Crippen LogP contribution in [-0.2, 0) is 6.54 Å². The van der Waals surface area contributed by atoms with Crippen LogP contribution in [-0.4, -0.2) is 13.0 Å². The van der Waals surface area contributed by atoms with Gasteiger partial charge in [-0.3, -0.25) is 4.99 Å². The van der Waals surface area contributed by atoms with Crippen molar-refractivity contribution in [3.05, 3.63) is 69.2 Å². The van der Waals surface area contributed by atoms with Crippen LogP contribution in [0.5, 0.6) is 0 Å². The van der Waals surface area contributed by atoms with E-state index in [2.05, 4.69) is 21.7 Å². The van der Waals surface area contributed by atoms with Crippen molar-refractivity contribution >= 4 is 29.2 Å². The van der Waals surface area contributed by atoms with Gasteiger partial charge in [0.15, 0.2) is 5.96 Å². The van der Waals surface area contributed by atoms with Crippen LogP contribution in [0.25, 0.3) is 0 Å². The second kappa shape index (κ2) is 8.58. The van der Waals surface area contributed by atoms with Gasteiger partial charge in [-0.15, -0.1) is 0 Å². The van der Waals surface area contributed by atoms with Gasteiger partial charge in [0.1, 0.15) is 0 Å². The van der Waals surface area contributed by atoms with Gasteiger partial charge in [-0.1, -0.05) is 41.4 Å². The molecule has 2 aromatic rings. The molecule has 0 aliphatic carbocycles. The fourth-order valence-corrected chi connectivity index (χ4v) is 2.84. The topological polar surface area (TPSA) is 60.2 Å². The zero-order valence-electron chi connectivity index (χ0n) is 13.5. The highest BCUT2D eigenvalue weighted by atomic mass is 35.5. The molecule has 0 fully saturated rings. The lowest BCUT2D eigenvalue weighted by Gasteiger charge is -2.19. The van der Waals surface area contributed by atoms with Gasteiger partial charge < -0.3 is 10.6 Å². The van der Waals surface area contributed by atoms with Gasteiger partial charge in [0.2, 0.25) is 0 Å². The number of hydrogen-bond acceptors (Lipinski definition) is 2. The molecule has 2 rings (SSSR count). The van der Waals surface area contributed by atoms with E-state index in [9.17, 15) is 0 Å². The average Bonchev–Trinajstić information content (AvgIpc) is 2.58. The molecule has 124 valence electrons. The van der Waals surface area contributed by atoms with Gasteiger partial charge in [-0.2, -0.15) is 5.26 Å². The second-order valence-corrected chi connectivity index (χ2v) is 6.11. The van der Waals surface area contributed by atoms with Crippen LogP contribution in [0.2, 0.25) is 10.0 Å². The molecule has 4 nitrogen and oxygen atoms in total. The number of rotatable bonds is 4. The standard InChI is InChI=1S/C18H18Cl2N4/c1-12(16-7-6-15(19)9-17(16)20)24-18(22-2)23-11-14-5-3-4-13(8-14)10-21/h3-9,12H,11H2,1-2H3,(H2,22,23,24). The summed E-state index contributed by atoms with van der Waals surface area (Å²) >= 11 is 12.2. The molecular weight excluding hydrogens is 343 g/mol. The molecule has 0 saturated carbocycles. The molecule has 1 unspecified atom stereocenters. The van der Waals surface area contributed by atoms with Crippen LogP contribution >= 0.6 is 23.2 Å². The molecule has 24 heavy (non-hydrogen) atoms. The van der Waals surface area contributed by atoms with Gasteiger partial charge in [-0.25, -0.2) is 0 Å². The van der Waals surface area contributed by atoms with Crippen molar-refractivity contribution in [3.8, 4) is 6.07 Å². The van der Waals surface area contributed by atoms with E-state index in [0.29, 0.717) is 28.1 Å². The molecule has 0 spiro atoms. The Kier molecular flexibility index (Phi) is 6.48. The highest BCUT2D eigenvalue weighted by Crippen LogP contribution is 2.25. The number of hydrogen-bond donors (Lipinski definition) is 2. The van der Waals surface area contributed by atoms with Gasteiger partial charge in [0.05, 0.1) is 17.7 Å². The van der Waals surface area contributed by atoms with Crippen LogP contribution in [0.3, 0.4) is 0 Å². The summed E-state index contributed by atoms with van der Waals surface area (Å²) in [5, 5.41) is 16.7. The fraction of sp³-hybridized carbons (Fsp3) is 0.222. The molecule has 2 aromatic carbocycles. The Hall–Kier alpha value is -2.22. The number of halogens is 2. The summed E-state index contributed by atoms with van der Waals surface area (Å²) in [6.07, 6.45) is 0. The zero-order valence-corrected chi connectivity index (χ0v) is 15.0. The number of guanidine groups is 1. The molecule has 6 heteroatoms. The first-order valence-electron chi connectivity index (χ1n) is 7.44. The molecule has 0 saturated heterocycles. The minimum atomic E-state index is -0.0357. The minimum absolute atomic E-state index is 0.0357. The maximum Gasteiger partial charge on any atom is 0.191 e. The largest absolute Gasteiger partial charge is 0.352 e. The van der Waals surface area contributed by atoms with E-state index in [1.54, 1.807) is 19.2 Å². The quantitative estimate of drug-likeness (QED) is 0.631. The molecular formula is C18H18Cl2N4. The summed E-state index contributed by atoms with van der Waals surface area (Å²) in [7, 11) is 1.71. The van der Waals surface area contributed by atoms with E-state index < -0.39 is 0 Å². The zero-order chi connectivity index (χ0) is 17.5. The van der Waals surface area contributed by atoms with Crippen molar-refractivity contribution in [1.82, 2.24) is 10.6 Å². The number of benzene rings is 2. The Bertz CT molecular complexity index is 781. The molecule has 0 amide bonds. The Morgan fingerprint density at radius 1 is 1.25 bits per heavy atom. The van der Waals surface area contributed by atoms with Crippen LogP contribution in [0.1, 0.15) is 29.7 Å². The van der Waals surface area contributed by atoms with Crippen molar-refractivity contribution in [2.75, 3.05) is 7.05 Å². The molecule has 1 atom stereocenters. The maximum atomic E-state index is 8.95. The van der Waals surface area contributed by atoms with E-state index in [-0.39, 0.29) is 6.04 Å². The first-order chi connectivity index (χ1) is 11.5. The van der Waals surface area contributed by atoms with Crippen LogP contribution in [0.15, 0.2) is 47.5 Å². The van der Waals surface area contributed by atoms with Gasteiger partial charge in [-0.05, 0) is 42.3 Å². The number of nitrogens with zero attached hydrogens (tertiary/aromatic N) is 2. The normalized spacial score (nSPS) is 12.4. The summed E-state index contributed by atoms with van der Waals surface area (Å²) in [5.41, 5.74) is 2.59. The molecule has 0 heterocycles. The number of aliphatic imine (C=N–C) groups is 1. The summed E-state index contributed by atoms with van der Waals surface area (Å²) in [5.74, 6) is 0.649. The number of nitriles is 1. The van der Waals surface area contributed by atoms with Gasteiger partial charge in [0, 0.05) is 23.6 Å². The SMILES string of the molecule is CN=C(NCc1cccc(C#N)c1)NC(C)c1ccc(Cl)cc1Cl. The Morgan fingerprint density at radius 2 is 2.04 bits per heavy atom.